The molecule has 16 heteroatoms. The third kappa shape index (κ3) is 3.76. The number of rotatable bonds is 6. The smallest absolute Gasteiger partial charge is 0.383 e. The number of hydrogen-bond acceptors (Lipinski definition) is 9. The number of aromatic nitrogens is 7. The number of nitrogens with one attached hydrogen (secondary N) is 1. The van der Waals surface area contributed by atoms with Crippen LogP contribution in [0.3, 0.4) is 0 Å². The van der Waals surface area contributed by atoms with Crippen LogP contribution >= 0.6 is 11.3 Å². The van der Waals surface area contributed by atoms with Crippen molar-refractivity contribution in [3.8, 4) is 11.5 Å². The zero-order chi connectivity index (χ0) is 27.0. The highest BCUT2D eigenvalue weighted by molar-refractivity contribution is 7.11. The van der Waals surface area contributed by atoms with Gasteiger partial charge in [0.25, 0.3) is 0 Å². The largest absolute Gasteiger partial charge is 0.453 e. The molecule has 1 unspecified atom stereocenters. The minimum atomic E-state index is -5.69. The fourth-order valence-corrected chi connectivity index (χ4v) is 5.51. The first-order valence-corrected chi connectivity index (χ1v) is 12.3. The van der Waals surface area contributed by atoms with Crippen LogP contribution in [0.5, 0.6) is 0 Å². The van der Waals surface area contributed by atoms with Gasteiger partial charge in [-0.3, -0.25) is 4.79 Å². The normalized spacial score (nSPS) is 19.7. The molecule has 0 aromatic carbocycles. The predicted molar refractivity (Wildman–Crippen MR) is 125 cm³/mol. The summed E-state index contributed by atoms with van der Waals surface area (Å²) in [7, 11) is 0. The molecule has 2 aliphatic rings. The maximum absolute atomic E-state index is 13.6. The Balaban J connectivity index is 1.39. The van der Waals surface area contributed by atoms with E-state index in [-0.39, 0.29) is 34.5 Å². The molecule has 1 saturated carbocycles. The van der Waals surface area contributed by atoms with Gasteiger partial charge in [-0.1, -0.05) is 11.3 Å². The van der Waals surface area contributed by atoms with Crippen LogP contribution in [0.25, 0.3) is 17.2 Å². The number of hydrogen-bond donors (Lipinski definition) is 2. The number of alkyl halides is 5. The van der Waals surface area contributed by atoms with Crippen molar-refractivity contribution >= 4 is 34.5 Å². The second-order valence-electron chi connectivity index (χ2n) is 9.39. The van der Waals surface area contributed by atoms with Crippen LogP contribution in [-0.2, 0) is 16.6 Å². The first-order chi connectivity index (χ1) is 17.9. The minimum absolute atomic E-state index is 0.0355. The summed E-state index contributed by atoms with van der Waals surface area (Å²) in [5.74, 6) is -4.94. The van der Waals surface area contributed by atoms with Crippen LogP contribution < -0.4 is 11.1 Å². The lowest BCUT2D eigenvalue weighted by atomic mass is 9.85. The summed E-state index contributed by atoms with van der Waals surface area (Å²) < 4.78 is 66.7. The molecule has 1 amide bonds. The highest BCUT2D eigenvalue weighted by atomic mass is 32.1. The number of halogens is 5. The van der Waals surface area contributed by atoms with Crippen LogP contribution in [-0.4, -0.2) is 52.5 Å². The molecule has 1 fully saturated rings. The molecule has 1 atom stereocenters. The first kappa shape index (κ1) is 24.5. The van der Waals surface area contributed by atoms with E-state index in [0.29, 0.717) is 16.5 Å². The van der Waals surface area contributed by atoms with Crippen molar-refractivity contribution in [2.75, 3.05) is 11.1 Å². The Hall–Kier alpha value is -3.82. The number of nitrogen functional groups attached to an aromatic ring is 1. The summed E-state index contributed by atoms with van der Waals surface area (Å²) in [6, 6.07) is 0. The number of anilines is 2. The van der Waals surface area contributed by atoms with Gasteiger partial charge >= 0.3 is 12.1 Å². The number of nitrogens with zero attached hydrogens (tertiary/aromatic N) is 7. The van der Waals surface area contributed by atoms with E-state index >= 15 is 0 Å². The number of carbonyl (C=O) groups excluding carboxylic acids is 1. The van der Waals surface area contributed by atoms with Crippen molar-refractivity contribution in [2.24, 2.45) is 0 Å². The standard InChI is InChI=1S/C22H18F5N9OS/c1-20(19-35-34-17(38-19)9-2-3-9)12-13(28)31-14(32-15(12)33-18(20)37)11-8-36-7-6-29-16(36)10(30-11)4-5-21(23,24)22(25,26)27/h6-9H,2-5H2,1H3,(H3,28,31,32,33,37). The van der Waals surface area contributed by atoms with Crippen LogP contribution in [0, 0.1) is 0 Å². The SMILES string of the molecule is CC1(c2nnc(C3CC3)s2)C(=O)Nc2nc(-c3cn4ccnc4c(CCC(F)(F)C(F)(F)F)n3)nc(N)c21. The lowest BCUT2D eigenvalue weighted by molar-refractivity contribution is -0.284. The van der Waals surface area contributed by atoms with Gasteiger partial charge in [-0.15, -0.1) is 10.2 Å². The van der Waals surface area contributed by atoms with E-state index in [2.05, 4.69) is 35.5 Å². The number of amides is 1. The predicted octanol–water partition coefficient (Wildman–Crippen LogP) is 3.89. The van der Waals surface area contributed by atoms with Crippen molar-refractivity contribution in [3.05, 3.63) is 39.9 Å². The second kappa shape index (κ2) is 8.09. The quantitative estimate of drug-likeness (QED) is 0.345. The molecular weight excluding hydrogens is 533 g/mol. The molecule has 4 aromatic rings. The minimum Gasteiger partial charge on any atom is -0.383 e. The van der Waals surface area contributed by atoms with Crippen LogP contribution in [0.15, 0.2) is 18.6 Å². The van der Waals surface area contributed by atoms with Crippen molar-refractivity contribution in [1.29, 1.82) is 0 Å². The van der Waals surface area contributed by atoms with Gasteiger partial charge in [0.2, 0.25) is 5.91 Å². The van der Waals surface area contributed by atoms with E-state index < -0.39 is 36.3 Å². The van der Waals surface area contributed by atoms with Crippen LogP contribution in [0.1, 0.15) is 53.4 Å². The molecule has 3 N–H and O–H groups in total. The van der Waals surface area contributed by atoms with Crippen LogP contribution in [0.2, 0.25) is 0 Å². The molecule has 0 spiro atoms. The number of imidazole rings is 1. The third-order valence-electron chi connectivity index (χ3n) is 6.68. The first-order valence-electron chi connectivity index (χ1n) is 11.5. The van der Waals surface area contributed by atoms with Crippen molar-refractivity contribution in [3.63, 3.8) is 0 Å². The molecule has 5 heterocycles. The molecule has 38 heavy (non-hydrogen) atoms. The van der Waals surface area contributed by atoms with Crippen molar-refractivity contribution in [1.82, 2.24) is 34.5 Å². The molecule has 6 rings (SSSR count). The Labute approximate surface area is 214 Å². The van der Waals surface area contributed by atoms with E-state index in [9.17, 15) is 26.7 Å². The lowest BCUT2D eigenvalue weighted by Crippen LogP contribution is -2.36. The number of aryl methyl sites for hydroxylation is 1. The summed E-state index contributed by atoms with van der Waals surface area (Å²) in [6.45, 7) is 1.65. The average molecular weight is 552 g/mol. The summed E-state index contributed by atoms with van der Waals surface area (Å²) in [5, 5.41) is 12.4. The van der Waals surface area contributed by atoms with E-state index in [0.717, 1.165) is 17.8 Å². The topological polar surface area (TPSA) is 137 Å². The Kier molecular flexibility index (Phi) is 5.22. The molecule has 198 valence electrons. The third-order valence-corrected chi connectivity index (χ3v) is 7.99. The molecule has 0 saturated heterocycles. The van der Waals surface area contributed by atoms with E-state index in [4.69, 9.17) is 5.73 Å². The maximum atomic E-state index is 13.6. The van der Waals surface area contributed by atoms with Gasteiger partial charge in [-0.05, 0) is 26.2 Å². The molecule has 0 radical (unpaired) electrons. The van der Waals surface area contributed by atoms with Gasteiger partial charge in [-0.25, -0.2) is 19.9 Å². The van der Waals surface area contributed by atoms with E-state index in [1.807, 2.05) is 0 Å². The molecule has 4 aromatic heterocycles. The molecule has 0 bridgehead atoms. The van der Waals surface area contributed by atoms with Crippen LogP contribution in [0.4, 0.5) is 33.6 Å². The molecule has 10 nitrogen and oxygen atoms in total. The Morgan fingerprint density at radius 3 is 2.66 bits per heavy atom. The molecule has 1 aliphatic heterocycles. The van der Waals surface area contributed by atoms with Gasteiger partial charge in [0.15, 0.2) is 11.5 Å². The Morgan fingerprint density at radius 1 is 1.18 bits per heavy atom. The lowest BCUT2D eigenvalue weighted by Gasteiger charge is -2.20. The number of fused-ring (bicyclic) bond motifs is 2. The fraction of sp³-hybridized carbons (Fsp3) is 0.409. The monoisotopic (exact) mass is 551 g/mol. The maximum Gasteiger partial charge on any atom is 0.453 e. The number of carbonyl (C=O) groups is 1. The Morgan fingerprint density at radius 2 is 1.95 bits per heavy atom. The van der Waals surface area contributed by atoms with Gasteiger partial charge in [-0.2, -0.15) is 22.0 Å². The zero-order valence-corrected chi connectivity index (χ0v) is 20.4. The molecule has 1 aliphatic carbocycles. The van der Waals surface area contributed by atoms with Crippen molar-refractivity contribution < 1.29 is 26.7 Å². The van der Waals surface area contributed by atoms with Gasteiger partial charge < -0.3 is 15.5 Å². The zero-order valence-electron chi connectivity index (χ0n) is 19.6. The summed E-state index contributed by atoms with van der Waals surface area (Å²) in [5.41, 5.74) is 5.40. The van der Waals surface area contributed by atoms with E-state index in [1.54, 1.807) is 6.92 Å². The van der Waals surface area contributed by atoms with Gasteiger partial charge in [0.1, 0.15) is 32.8 Å². The Bertz CT molecular complexity index is 1600. The summed E-state index contributed by atoms with van der Waals surface area (Å²) >= 11 is 1.33. The second-order valence-corrected chi connectivity index (χ2v) is 10.4. The summed E-state index contributed by atoms with van der Waals surface area (Å²) in [4.78, 5) is 30.1. The van der Waals surface area contributed by atoms with Gasteiger partial charge in [0, 0.05) is 30.9 Å². The van der Waals surface area contributed by atoms with Gasteiger partial charge in [0.05, 0.1) is 11.3 Å². The molecular formula is C22H18F5N9OS. The fourth-order valence-electron chi connectivity index (χ4n) is 4.35. The highest BCUT2D eigenvalue weighted by Crippen LogP contribution is 2.48. The highest BCUT2D eigenvalue weighted by Gasteiger charge is 2.56. The average Bonchev–Trinajstić information content (AvgIpc) is 3.26. The summed E-state index contributed by atoms with van der Waals surface area (Å²) in [6.07, 6.45) is -1.59. The number of nitrogens with two attached hydrogens (primary N) is 1. The van der Waals surface area contributed by atoms with E-state index in [1.165, 1.54) is 34.3 Å². The van der Waals surface area contributed by atoms with Crippen molar-refractivity contribution in [2.45, 2.75) is 56.0 Å².